The number of rotatable bonds is 4. The predicted molar refractivity (Wildman–Crippen MR) is 71.2 cm³/mol. The van der Waals surface area contributed by atoms with Crippen LogP contribution in [0, 0.1) is 5.41 Å². The Bertz CT molecular complexity index is 362. The van der Waals surface area contributed by atoms with Gasteiger partial charge < -0.3 is 5.32 Å². The monoisotopic (exact) mass is 299 g/mol. The van der Waals surface area contributed by atoms with Gasteiger partial charge >= 0.3 is 0 Å². The zero-order valence-corrected chi connectivity index (χ0v) is 12.0. The quantitative estimate of drug-likeness (QED) is 0.869. The number of carbonyl (C=O) groups excluding carboxylic acids is 1. The van der Waals surface area contributed by atoms with E-state index >= 15 is 0 Å². The van der Waals surface area contributed by atoms with Crippen LogP contribution in [-0.2, 0) is 0 Å². The molecule has 0 aliphatic rings. The normalized spacial score (nSPS) is 13.2. The summed E-state index contributed by atoms with van der Waals surface area (Å²) >= 11 is 3.57. The fraction of sp³-hybridized carbons (Fsp3) is 0.583. The topological polar surface area (TPSA) is 54.9 Å². The largest absolute Gasteiger partial charge is 0.351 e. The third-order valence-electron chi connectivity index (χ3n) is 2.16. The number of aromatic nitrogens is 2. The van der Waals surface area contributed by atoms with Crippen molar-refractivity contribution < 1.29 is 4.79 Å². The Morgan fingerprint density at radius 2 is 2.18 bits per heavy atom. The molecule has 1 amide bonds. The van der Waals surface area contributed by atoms with Crippen LogP contribution in [0.15, 0.2) is 18.5 Å². The van der Waals surface area contributed by atoms with Crippen LogP contribution in [-0.4, -0.2) is 27.5 Å². The van der Waals surface area contributed by atoms with Gasteiger partial charge in [0.05, 0.1) is 18.0 Å². The molecule has 0 fully saturated rings. The zero-order chi connectivity index (χ0) is 12.9. The Balaban J connectivity index is 2.39. The van der Waals surface area contributed by atoms with Crippen LogP contribution in [0.4, 0.5) is 0 Å². The van der Waals surface area contributed by atoms with Crippen molar-refractivity contribution in [3.63, 3.8) is 0 Å². The molecule has 5 heteroatoms. The lowest BCUT2D eigenvalue weighted by Crippen LogP contribution is -2.31. The Hall–Kier alpha value is -0.970. The highest BCUT2D eigenvalue weighted by Gasteiger charge is 2.17. The third kappa shape index (κ3) is 5.77. The fourth-order valence-electron chi connectivity index (χ4n) is 1.47. The summed E-state index contributed by atoms with van der Waals surface area (Å²) in [7, 11) is 0. The van der Waals surface area contributed by atoms with Crippen LogP contribution < -0.4 is 5.32 Å². The lowest BCUT2D eigenvalue weighted by molar-refractivity contribution is 0.0952. The molecule has 94 valence electrons. The minimum absolute atomic E-state index is 0.113. The Labute approximate surface area is 110 Å². The Kier molecular flexibility index (Phi) is 5.05. The van der Waals surface area contributed by atoms with E-state index in [1.54, 1.807) is 6.07 Å². The first-order valence-electron chi connectivity index (χ1n) is 5.57. The molecule has 0 saturated carbocycles. The van der Waals surface area contributed by atoms with Crippen molar-refractivity contribution in [3.05, 3.63) is 24.0 Å². The van der Waals surface area contributed by atoms with Crippen molar-refractivity contribution in [2.75, 3.05) is 6.54 Å². The molecule has 0 saturated heterocycles. The first kappa shape index (κ1) is 14.1. The van der Waals surface area contributed by atoms with Crippen LogP contribution in [0.2, 0.25) is 0 Å². The van der Waals surface area contributed by atoms with Crippen molar-refractivity contribution in [1.29, 1.82) is 0 Å². The highest BCUT2D eigenvalue weighted by atomic mass is 79.9. The van der Waals surface area contributed by atoms with Crippen LogP contribution in [0.5, 0.6) is 0 Å². The molecule has 0 radical (unpaired) electrons. The molecular weight excluding hydrogens is 282 g/mol. The standard InChI is InChI=1S/C12H18BrN3O/c1-12(2,3)6-10(13)8-14-11(17)9-4-5-15-16-7-9/h4-5,7,10H,6,8H2,1-3H3,(H,14,17). The Morgan fingerprint density at radius 1 is 1.47 bits per heavy atom. The second-order valence-corrected chi connectivity index (χ2v) is 6.50. The molecule has 17 heavy (non-hydrogen) atoms. The number of hydrogen-bond acceptors (Lipinski definition) is 3. The molecule has 0 aliphatic carbocycles. The van der Waals surface area contributed by atoms with E-state index in [0.717, 1.165) is 6.42 Å². The molecule has 1 aromatic rings. The summed E-state index contributed by atoms with van der Waals surface area (Å²) in [6, 6.07) is 1.65. The van der Waals surface area contributed by atoms with Crippen molar-refractivity contribution in [1.82, 2.24) is 15.5 Å². The van der Waals surface area contributed by atoms with Gasteiger partial charge in [-0.2, -0.15) is 10.2 Å². The van der Waals surface area contributed by atoms with Crippen molar-refractivity contribution in [3.8, 4) is 0 Å². The van der Waals surface area contributed by atoms with Crippen LogP contribution in [0.3, 0.4) is 0 Å². The highest BCUT2D eigenvalue weighted by molar-refractivity contribution is 9.09. The van der Waals surface area contributed by atoms with Crippen molar-refractivity contribution in [2.24, 2.45) is 5.41 Å². The van der Waals surface area contributed by atoms with Gasteiger partial charge in [-0.05, 0) is 17.9 Å². The third-order valence-corrected chi connectivity index (χ3v) is 2.81. The van der Waals surface area contributed by atoms with Gasteiger partial charge in [-0.3, -0.25) is 4.79 Å². The molecule has 0 aliphatic heterocycles. The van der Waals surface area contributed by atoms with E-state index in [4.69, 9.17) is 0 Å². The molecule has 0 bridgehead atoms. The molecule has 0 spiro atoms. The fourth-order valence-corrected chi connectivity index (χ4v) is 2.60. The molecule has 1 heterocycles. The second-order valence-electron chi connectivity index (χ2n) is 5.20. The first-order valence-corrected chi connectivity index (χ1v) is 6.49. The van der Waals surface area contributed by atoms with Gasteiger partial charge in [0.15, 0.2) is 0 Å². The maximum atomic E-state index is 11.7. The molecular formula is C12H18BrN3O. The van der Waals surface area contributed by atoms with Gasteiger partial charge in [0.1, 0.15) is 0 Å². The number of carbonyl (C=O) groups is 1. The summed E-state index contributed by atoms with van der Waals surface area (Å²) in [5.74, 6) is -0.113. The van der Waals surface area contributed by atoms with Gasteiger partial charge in [0.2, 0.25) is 0 Å². The SMILES string of the molecule is CC(C)(C)CC(Br)CNC(=O)c1ccnnc1. The summed E-state index contributed by atoms with van der Waals surface area (Å²) < 4.78 is 0. The molecule has 1 rings (SSSR count). The van der Waals surface area contributed by atoms with E-state index in [0.29, 0.717) is 12.1 Å². The number of amides is 1. The lowest BCUT2D eigenvalue weighted by atomic mass is 9.90. The summed E-state index contributed by atoms with van der Waals surface area (Å²) in [5, 5.41) is 10.2. The maximum Gasteiger partial charge on any atom is 0.253 e. The molecule has 4 nitrogen and oxygen atoms in total. The average molecular weight is 300 g/mol. The number of hydrogen-bond donors (Lipinski definition) is 1. The smallest absolute Gasteiger partial charge is 0.253 e. The van der Waals surface area contributed by atoms with E-state index in [2.05, 4.69) is 52.2 Å². The average Bonchev–Trinajstić information content (AvgIpc) is 2.25. The van der Waals surface area contributed by atoms with E-state index in [1.165, 1.54) is 12.4 Å². The summed E-state index contributed by atoms with van der Waals surface area (Å²) in [5.41, 5.74) is 0.785. The van der Waals surface area contributed by atoms with Gasteiger partial charge in [-0.1, -0.05) is 36.7 Å². The number of nitrogens with one attached hydrogen (secondary N) is 1. The summed E-state index contributed by atoms with van der Waals surface area (Å²) in [4.78, 5) is 12.0. The number of nitrogens with zero attached hydrogens (tertiary/aromatic N) is 2. The predicted octanol–water partition coefficient (Wildman–Crippen LogP) is 2.41. The molecule has 1 atom stereocenters. The molecule has 1 unspecified atom stereocenters. The lowest BCUT2D eigenvalue weighted by Gasteiger charge is -2.22. The van der Waals surface area contributed by atoms with E-state index in [9.17, 15) is 4.79 Å². The second kappa shape index (κ2) is 6.10. The summed E-state index contributed by atoms with van der Waals surface area (Å²) in [6.07, 6.45) is 3.97. The Morgan fingerprint density at radius 3 is 2.71 bits per heavy atom. The van der Waals surface area contributed by atoms with Crippen LogP contribution >= 0.6 is 15.9 Å². The maximum absolute atomic E-state index is 11.7. The first-order chi connectivity index (χ1) is 7.88. The molecule has 1 aromatic heterocycles. The van der Waals surface area contributed by atoms with Gasteiger partial charge in [-0.15, -0.1) is 0 Å². The van der Waals surface area contributed by atoms with Crippen molar-refractivity contribution >= 4 is 21.8 Å². The molecule has 1 N–H and O–H groups in total. The number of alkyl halides is 1. The van der Waals surface area contributed by atoms with Gasteiger partial charge in [0.25, 0.3) is 5.91 Å². The minimum Gasteiger partial charge on any atom is -0.351 e. The molecule has 0 aromatic carbocycles. The van der Waals surface area contributed by atoms with Crippen molar-refractivity contribution in [2.45, 2.75) is 32.0 Å². The summed E-state index contributed by atoms with van der Waals surface area (Å²) in [6.45, 7) is 7.14. The zero-order valence-electron chi connectivity index (χ0n) is 10.4. The van der Waals surface area contributed by atoms with Gasteiger partial charge in [-0.25, -0.2) is 0 Å². The van der Waals surface area contributed by atoms with E-state index in [-0.39, 0.29) is 16.1 Å². The van der Waals surface area contributed by atoms with Crippen LogP contribution in [0.25, 0.3) is 0 Å². The van der Waals surface area contributed by atoms with E-state index in [1.807, 2.05) is 0 Å². The van der Waals surface area contributed by atoms with Gasteiger partial charge in [0, 0.05) is 11.4 Å². The van der Waals surface area contributed by atoms with Crippen LogP contribution in [0.1, 0.15) is 37.6 Å². The van der Waals surface area contributed by atoms with E-state index < -0.39 is 0 Å². The minimum atomic E-state index is -0.113. The highest BCUT2D eigenvalue weighted by Crippen LogP contribution is 2.24. The number of halogens is 1.